The van der Waals surface area contributed by atoms with Gasteiger partial charge in [0, 0.05) is 13.1 Å². The van der Waals surface area contributed by atoms with E-state index in [2.05, 4.69) is 58.5 Å². The van der Waals surface area contributed by atoms with Gasteiger partial charge in [-0.15, -0.1) is 5.10 Å². The fraction of sp³-hybridized carbons (Fsp3) is 0.333. The highest BCUT2D eigenvalue weighted by Gasteiger charge is 2.29. The Hall–Kier alpha value is -2.70. The molecule has 2 heterocycles. The van der Waals surface area contributed by atoms with E-state index in [9.17, 15) is 0 Å². The molecule has 6 heteroatoms. The van der Waals surface area contributed by atoms with Gasteiger partial charge in [-0.2, -0.15) is 0 Å². The molecule has 27 heavy (non-hydrogen) atoms. The molecule has 6 nitrogen and oxygen atoms in total. The van der Waals surface area contributed by atoms with Crippen molar-refractivity contribution in [3.63, 3.8) is 0 Å². The summed E-state index contributed by atoms with van der Waals surface area (Å²) in [5.74, 6) is 0.868. The molecule has 0 spiro atoms. The Kier molecular flexibility index (Phi) is 5.18. The average molecular weight is 364 g/mol. The third kappa shape index (κ3) is 4.18. The molecule has 1 aromatic heterocycles. The smallest absolute Gasteiger partial charge is 0.157 e. The van der Waals surface area contributed by atoms with Crippen LogP contribution in [0.3, 0.4) is 0 Å². The first-order valence-electron chi connectivity index (χ1n) is 9.15. The van der Waals surface area contributed by atoms with Crippen LogP contribution in [-0.4, -0.2) is 40.2 Å². The van der Waals surface area contributed by atoms with E-state index in [-0.39, 0.29) is 6.23 Å². The lowest BCUT2D eigenvalue weighted by Gasteiger charge is -2.21. The Morgan fingerprint density at radius 3 is 2.74 bits per heavy atom. The standard InChI is InChI=1S/C21H24N4O2/c1-16-4-3-5-18(12-16)14-25-15-20(22-23-25)21-24(10-11-27-21)13-17-6-8-19(26-2)9-7-17/h3-9,12,15,21H,10-11,13-14H2,1-2H3. The first kappa shape index (κ1) is 17.7. The van der Waals surface area contributed by atoms with Gasteiger partial charge < -0.3 is 9.47 Å². The van der Waals surface area contributed by atoms with Crippen LogP contribution in [0.4, 0.5) is 0 Å². The van der Waals surface area contributed by atoms with E-state index in [0.717, 1.165) is 24.5 Å². The van der Waals surface area contributed by atoms with Crippen LogP contribution in [0.15, 0.2) is 54.7 Å². The van der Waals surface area contributed by atoms with Crippen molar-refractivity contribution in [1.29, 1.82) is 0 Å². The van der Waals surface area contributed by atoms with Crippen LogP contribution in [0.25, 0.3) is 0 Å². The van der Waals surface area contributed by atoms with Crippen molar-refractivity contribution >= 4 is 0 Å². The molecular formula is C21H24N4O2. The molecule has 0 aliphatic carbocycles. The summed E-state index contributed by atoms with van der Waals surface area (Å²) >= 11 is 0. The Bertz CT molecular complexity index is 891. The highest BCUT2D eigenvalue weighted by atomic mass is 16.5. The predicted octanol–water partition coefficient (Wildman–Crippen LogP) is 3.17. The van der Waals surface area contributed by atoms with Gasteiger partial charge >= 0.3 is 0 Å². The lowest BCUT2D eigenvalue weighted by atomic mass is 10.1. The maximum Gasteiger partial charge on any atom is 0.157 e. The normalized spacial score (nSPS) is 17.3. The molecule has 0 amide bonds. The Balaban J connectivity index is 1.44. The molecule has 0 N–H and O–H groups in total. The highest BCUT2D eigenvalue weighted by molar-refractivity contribution is 5.27. The molecule has 1 fully saturated rings. The maximum absolute atomic E-state index is 5.94. The molecule has 3 aromatic rings. The Morgan fingerprint density at radius 1 is 1.11 bits per heavy atom. The third-order valence-corrected chi connectivity index (χ3v) is 4.77. The SMILES string of the molecule is COc1ccc(CN2CCOC2c2cn(Cc3cccc(C)c3)nn2)cc1. The minimum Gasteiger partial charge on any atom is -0.497 e. The van der Waals surface area contributed by atoms with Gasteiger partial charge in [-0.05, 0) is 30.2 Å². The van der Waals surface area contributed by atoms with E-state index in [1.807, 2.05) is 23.0 Å². The van der Waals surface area contributed by atoms with Gasteiger partial charge in [-0.3, -0.25) is 4.90 Å². The number of hydrogen-bond acceptors (Lipinski definition) is 5. The highest BCUT2D eigenvalue weighted by Crippen LogP contribution is 2.27. The minimum absolute atomic E-state index is 0.154. The second-order valence-corrected chi connectivity index (χ2v) is 6.87. The predicted molar refractivity (Wildman–Crippen MR) is 102 cm³/mol. The van der Waals surface area contributed by atoms with Gasteiger partial charge in [-0.25, -0.2) is 4.68 Å². The lowest BCUT2D eigenvalue weighted by Crippen LogP contribution is -2.23. The first-order chi connectivity index (χ1) is 13.2. The van der Waals surface area contributed by atoms with Crippen molar-refractivity contribution in [3.05, 3.63) is 77.1 Å². The van der Waals surface area contributed by atoms with Crippen LogP contribution in [0, 0.1) is 6.92 Å². The van der Waals surface area contributed by atoms with Gasteiger partial charge in [0.05, 0.1) is 26.5 Å². The fourth-order valence-electron chi connectivity index (χ4n) is 3.41. The quantitative estimate of drug-likeness (QED) is 0.672. The number of ether oxygens (including phenoxy) is 2. The van der Waals surface area contributed by atoms with Crippen molar-refractivity contribution in [3.8, 4) is 5.75 Å². The topological polar surface area (TPSA) is 52.4 Å². The largest absolute Gasteiger partial charge is 0.497 e. The number of aryl methyl sites for hydroxylation is 1. The van der Waals surface area contributed by atoms with Gasteiger partial charge in [0.25, 0.3) is 0 Å². The average Bonchev–Trinajstić information content (AvgIpc) is 3.31. The molecule has 1 saturated heterocycles. The second kappa shape index (κ2) is 7.90. The van der Waals surface area contributed by atoms with E-state index >= 15 is 0 Å². The van der Waals surface area contributed by atoms with Crippen molar-refractivity contribution < 1.29 is 9.47 Å². The van der Waals surface area contributed by atoms with Crippen molar-refractivity contribution in [2.24, 2.45) is 0 Å². The fourth-order valence-corrected chi connectivity index (χ4v) is 3.41. The number of hydrogen-bond donors (Lipinski definition) is 0. The second-order valence-electron chi connectivity index (χ2n) is 6.87. The summed E-state index contributed by atoms with van der Waals surface area (Å²) in [6.45, 7) is 5.19. The zero-order valence-electron chi connectivity index (χ0n) is 15.7. The van der Waals surface area contributed by atoms with E-state index in [4.69, 9.17) is 9.47 Å². The van der Waals surface area contributed by atoms with Gasteiger partial charge in [0.15, 0.2) is 6.23 Å². The van der Waals surface area contributed by atoms with Crippen LogP contribution < -0.4 is 4.74 Å². The molecule has 1 unspecified atom stereocenters. The Morgan fingerprint density at radius 2 is 1.96 bits per heavy atom. The number of benzene rings is 2. The van der Waals surface area contributed by atoms with Crippen molar-refractivity contribution in [2.75, 3.05) is 20.3 Å². The lowest BCUT2D eigenvalue weighted by molar-refractivity contribution is 0.0252. The van der Waals surface area contributed by atoms with Crippen molar-refractivity contribution in [1.82, 2.24) is 19.9 Å². The van der Waals surface area contributed by atoms with Crippen LogP contribution in [0.2, 0.25) is 0 Å². The molecule has 1 aliphatic heterocycles. The molecule has 0 bridgehead atoms. The number of nitrogens with zero attached hydrogens (tertiary/aromatic N) is 4. The summed E-state index contributed by atoms with van der Waals surface area (Å²) in [5.41, 5.74) is 4.54. The zero-order valence-corrected chi connectivity index (χ0v) is 15.7. The molecular weight excluding hydrogens is 340 g/mol. The monoisotopic (exact) mass is 364 g/mol. The summed E-state index contributed by atoms with van der Waals surface area (Å²) < 4.78 is 13.0. The molecule has 2 aromatic carbocycles. The first-order valence-corrected chi connectivity index (χ1v) is 9.15. The minimum atomic E-state index is -0.154. The molecule has 1 atom stereocenters. The van der Waals surface area contributed by atoms with Crippen molar-refractivity contribution in [2.45, 2.75) is 26.2 Å². The third-order valence-electron chi connectivity index (χ3n) is 4.77. The van der Waals surface area contributed by atoms with Crippen LogP contribution in [0.1, 0.15) is 28.6 Å². The summed E-state index contributed by atoms with van der Waals surface area (Å²) in [6, 6.07) is 16.6. The number of methoxy groups -OCH3 is 1. The van der Waals surface area contributed by atoms with E-state index in [0.29, 0.717) is 13.2 Å². The molecule has 0 radical (unpaired) electrons. The van der Waals surface area contributed by atoms with Gasteiger partial charge in [0.1, 0.15) is 11.4 Å². The van der Waals surface area contributed by atoms with Crippen LogP contribution in [0.5, 0.6) is 5.75 Å². The molecule has 140 valence electrons. The molecule has 4 rings (SSSR count). The molecule has 0 saturated carbocycles. The Labute approximate surface area is 159 Å². The van der Waals surface area contributed by atoms with Crippen LogP contribution in [-0.2, 0) is 17.8 Å². The number of aromatic nitrogens is 3. The summed E-state index contributed by atoms with van der Waals surface area (Å²) in [7, 11) is 1.68. The van der Waals surface area contributed by atoms with Gasteiger partial charge in [-0.1, -0.05) is 47.2 Å². The number of rotatable bonds is 6. The molecule has 1 aliphatic rings. The summed E-state index contributed by atoms with van der Waals surface area (Å²) in [4.78, 5) is 2.28. The van der Waals surface area contributed by atoms with Gasteiger partial charge in [0.2, 0.25) is 0 Å². The van der Waals surface area contributed by atoms with E-state index in [1.165, 1.54) is 16.7 Å². The summed E-state index contributed by atoms with van der Waals surface area (Å²) in [5, 5.41) is 8.66. The maximum atomic E-state index is 5.94. The van der Waals surface area contributed by atoms with E-state index < -0.39 is 0 Å². The van der Waals surface area contributed by atoms with E-state index in [1.54, 1.807) is 7.11 Å². The zero-order chi connectivity index (χ0) is 18.6. The van der Waals surface area contributed by atoms with Crippen LogP contribution >= 0.6 is 0 Å². The summed E-state index contributed by atoms with van der Waals surface area (Å²) in [6.07, 6.45) is 1.83.